The third-order valence-corrected chi connectivity index (χ3v) is 1.45. The highest BCUT2D eigenvalue weighted by Gasteiger charge is 2.07. The molecule has 0 spiro atoms. The van der Waals surface area contributed by atoms with E-state index in [0.717, 1.165) is 0 Å². The van der Waals surface area contributed by atoms with Crippen LogP contribution >= 0.6 is 0 Å². The van der Waals surface area contributed by atoms with Crippen LogP contribution in [0, 0.1) is 0 Å². The highest BCUT2D eigenvalue weighted by atomic mass is 19.3. The fourth-order valence-corrected chi connectivity index (χ4v) is 0.861. The SMILES string of the molecule is O=C(NCC(F)F)c1ccccc1. The summed E-state index contributed by atoms with van der Waals surface area (Å²) in [4.78, 5) is 11.1. The van der Waals surface area contributed by atoms with Gasteiger partial charge in [0.15, 0.2) is 0 Å². The Morgan fingerprint density at radius 1 is 1.31 bits per heavy atom. The molecule has 0 saturated carbocycles. The van der Waals surface area contributed by atoms with E-state index in [1.165, 1.54) is 0 Å². The van der Waals surface area contributed by atoms with Gasteiger partial charge in [-0.25, -0.2) is 8.78 Å². The molecule has 0 heterocycles. The molecule has 70 valence electrons. The number of carbonyl (C=O) groups excluding carboxylic acids is 1. The highest BCUT2D eigenvalue weighted by Crippen LogP contribution is 1.98. The second-order valence-electron chi connectivity index (χ2n) is 2.47. The van der Waals surface area contributed by atoms with Crippen molar-refractivity contribution in [1.82, 2.24) is 5.32 Å². The first-order valence-corrected chi connectivity index (χ1v) is 3.81. The maximum atomic E-state index is 11.7. The zero-order valence-corrected chi connectivity index (χ0v) is 6.84. The number of carbonyl (C=O) groups is 1. The van der Waals surface area contributed by atoms with Crippen LogP contribution in [0.4, 0.5) is 8.78 Å². The van der Waals surface area contributed by atoms with Gasteiger partial charge in [0.2, 0.25) is 0 Å². The van der Waals surface area contributed by atoms with Crippen LogP contribution in [0.25, 0.3) is 0 Å². The highest BCUT2D eigenvalue weighted by molar-refractivity contribution is 5.94. The van der Waals surface area contributed by atoms with E-state index in [1.54, 1.807) is 30.3 Å². The normalized spacial score (nSPS) is 10.1. The van der Waals surface area contributed by atoms with Gasteiger partial charge in [0.1, 0.15) is 0 Å². The minimum atomic E-state index is -2.51. The van der Waals surface area contributed by atoms with Crippen molar-refractivity contribution in [1.29, 1.82) is 0 Å². The molecule has 1 aromatic carbocycles. The number of alkyl halides is 2. The molecular weight excluding hydrogens is 176 g/mol. The summed E-state index contributed by atoms with van der Waals surface area (Å²) in [6, 6.07) is 8.25. The van der Waals surface area contributed by atoms with Crippen molar-refractivity contribution in [3.63, 3.8) is 0 Å². The Labute approximate surface area is 74.6 Å². The quantitative estimate of drug-likeness (QED) is 0.762. The van der Waals surface area contributed by atoms with Gasteiger partial charge in [-0.1, -0.05) is 18.2 Å². The van der Waals surface area contributed by atoms with Crippen LogP contribution in [0.3, 0.4) is 0 Å². The summed E-state index contributed by atoms with van der Waals surface area (Å²) in [5, 5.41) is 2.11. The van der Waals surface area contributed by atoms with Crippen LogP contribution in [0.15, 0.2) is 30.3 Å². The number of nitrogens with one attached hydrogen (secondary N) is 1. The van der Waals surface area contributed by atoms with E-state index in [9.17, 15) is 13.6 Å². The smallest absolute Gasteiger partial charge is 0.255 e. The lowest BCUT2D eigenvalue weighted by atomic mass is 10.2. The second kappa shape index (κ2) is 4.54. The molecule has 13 heavy (non-hydrogen) atoms. The molecule has 1 N–H and O–H groups in total. The van der Waals surface area contributed by atoms with Gasteiger partial charge in [-0.05, 0) is 12.1 Å². The zero-order valence-electron chi connectivity index (χ0n) is 6.84. The van der Waals surface area contributed by atoms with E-state index in [1.807, 2.05) is 0 Å². The van der Waals surface area contributed by atoms with E-state index >= 15 is 0 Å². The third kappa shape index (κ3) is 3.19. The van der Waals surface area contributed by atoms with Gasteiger partial charge in [-0.15, -0.1) is 0 Å². The molecule has 0 atom stereocenters. The van der Waals surface area contributed by atoms with Gasteiger partial charge >= 0.3 is 0 Å². The number of benzene rings is 1. The lowest BCUT2D eigenvalue weighted by Crippen LogP contribution is -2.28. The van der Waals surface area contributed by atoms with Gasteiger partial charge < -0.3 is 5.32 Å². The largest absolute Gasteiger partial charge is 0.346 e. The molecule has 0 aliphatic rings. The van der Waals surface area contributed by atoms with Crippen LogP contribution in [0.1, 0.15) is 10.4 Å². The van der Waals surface area contributed by atoms with E-state index in [2.05, 4.69) is 5.32 Å². The Morgan fingerprint density at radius 3 is 2.46 bits per heavy atom. The van der Waals surface area contributed by atoms with E-state index < -0.39 is 18.9 Å². The Morgan fingerprint density at radius 2 is 1.92 bits per heavy atom. The average molecular weight is 185 g/mol. The van der Waals surface area contributed by atoms with Crippen molar-refractivity contribution in [3.8, 4) is 0 Å². The summed E-state index contributed by atoms with van der Waals surface area (Å²) in [5.41, 5.74) is 0.392. The van der Waals surface area contributed by atoms with E-state index in [4.69, 9.17) is 0 Å². The first-order valence-electron chi connectivity index (χ1n) is 3.81. The molecule has 0 aromatic heterocycles. The monoisotopic (exact) mass is 185 g/mol. The molecule has 1 aromatic rings. The third-order valence-electron chi connectivity index (χ3n) is 1.45. The first-order chi connectivity index (χ1) is 6.20. The number of hydrogen-bond acceptors (Lipinski definition) is 1. The van der Waals surface area contributed by atoms with Gasteiger partial charge in [-0.2, -0.15) is 0 Å². The Balaban J connectivity index is 2.50. The van der Waals surface area contributed by atoms with Crippen molar-refractivity contribution >= 4 is 5.91 Å². The number of hydrogen-bond donors (Lipinski definition) is 1. The van der Waals surface area contributed by atoms with Crippen LogP contribution in [0.2, 0.25) is 0 Å². The molecule has 1 amide bonds. The summed E-state index contributed by atoms with van der Waals surface area (Å²) in [6.07, 6.45) is -2.51. The van der Waals surface area contributed by atoms with Crippen LogP contribution < -0.4 is 5.32 Å². The zero-order chi connectivity index (χ0) is 9.68. The topological polar surface area (TPSA) is 29.1 Å². The van der Waals surface area contributed by atoms with Crippen molar-refractivity contribution in [2.24, 2.45) is 0 Å². The van der Waals surface area contributed by atoms with Crippen LogP contribution in [-0.2, 0) is 0 Å². The van der Waals surface area contributed by atoms with E-state index in [-0.39, 0.29) is 0 Å². The standard InChI is InChI=1S/C9H9F2NO/c10-8(11)6-12-9(13)7-4-2-1-3-5-7/h1-5,8H,6H2,(H,12,13). The summed E-state index contributed by atoms with van der Waals surface area (Å²) in [6.45, 7) is -0.603. The summed E-state index contributed by atoms with van der Waals surface area (Å²) in [5.74, 6) is -0.471. The molecule has 2 nitrogen and oxygen atoms in total. The molecule has 0 unspecified atom stereocenters. The molecule has 0 aliphatic heterocycles. The maximum absolute atomic E-state index is 11.7. The fourth-order valence-electron chi connectivity index (χ4n) is 0.861. The Hall–Kier alpha value is -1.45. The van der Waals surface area contributed by atoms with Crippen LogP contribution in [-0.4, -0.2) is 18.9 Å². The molecule has 0 radical (unpaired) electrons. The van der Waals surface area contributed by atoms with Crippen molar-refractivity contribution in [3.05, 3.63) is 35.9 Å². The molecule has 4 heteroatoms. The van der Waals surface area contributed by atoms with Gasteiger partial charge in [-0.3, -0.25) is 4.79 Å². The Kier molecular flexibility index (Phi) is 3.37. The Bertz CT molecular complexity index is 274. The molecule has 1 rings (SSSR count). The average Bonchev–Trinajstić information content (AvgIpc) is 2.15. The van der Waals surface area contributed by atoms with E-state index in [0.29, 0.717) is 5.56 Å². The molecule has 0 aliphatic carbocycles. The lowest BCUT2D eigenvalue weighted by molar-refractivity contribution is 0.0891. The lowest BCUT2D eigenvalue weighted by Gasteiger charge is -2.03. The van der Waals surface area contributed by atoms with Crippen molar-refractivity contribution < 1.29 is 13.6 Å². The van der Waals surface area contributed by atoms with Gasteiger partial charge in [0, 0.05) is 5.56 Å². The summed E-state index contributed by atoms with van der Waals surface area (Å²) < 4.78 is 23.4. The number of halogens is 2. The van der Waals surface area contributed by atoms with Crippen molar-refractivity contribution in [2.75, 3.05) is 6.54 Å². The minimum absolute atomic E-state index is 0.392. The molecular formula is C9H9F2NO. The molecule has 0 fully saturated rings. The fraction of sp³-hybridized carbons (Fsp3) is 0.222. The predicted octanol–water partition coefficient (Wildman–Crippen LogP) is 1.68. The van der Waals surface area contributed by atoms with Gasteiger partial charge in [0.25, 0.3) is 12.3 Å². The summed E-state index contributed by atoms with van der Waals surface area (Å²) >= 11 is 0. The number of amides is 1. The summed E-state index contributed by atoms with van der Waals surface area (Å²) in [7, 11) is 0. The van der Waals surface area contributed by atoms with Crippen molar-refractivity contribution in [2.45, 2.75) is 6.43 Å². The second-order valence-corrected chi connectivity index (χ2v) is 2.47. The van der Waals surface area contributed by atoms with Crippen LogP contribution in [0.5, 0.6) is 0 Å². The maximum Gasteiger partial charge on any atom is 0.255 e. The molecule has 0 bridgehead atoms. The number of rotatable bonds is 3. The predicted molar refractivity (Wildman–Crippen MR) is 44.8 cm³/mol. The first kappa shape index (κ1) is 9.64. The minimum Gasteiger partial charge on any atom is -0.346 e. The molecule has 0 saturated heterocycles. The van der Waals surface area contributed by atoms with Gasteiger partial charge in [0.05, 0.1) is 6.54 Å².